The highest BCUT2D eigenvalue weighted by molar-refractivity contribution is 5.88. The zero-order chi connectivity index (χ0) is 11.9. The molecule has 0 aliphatic heterocycles. The summed E-state index contributed by atoms with van der Waals surface area (Å²) in [5.41, 5.74) is 5.24. The van der Waals surface area contributed by atoms with Crippen LogP contribution in [-0.2, 0) is 0 Å². The average molecular weight is 227 g/mol. The number of nitrogens with one attached hydrogen (secondary N) is 1. The van der Waals surface area contributed by atoms with E-state index in [1.54, 1.807) is 0 Å². The van der Waals surface area contributed by atoms with Gasteiger partial charge in [-0.05, 0) is 31.4 Å². The zero-order valence-electron chi connectivity index (χ0n) is 9.89. The number of rotatable bonds is 3. The second-order valence-corrected chi connectivity index (χ2v) is 4.39. The second kappa shape index (κ2) is 6.05. The highest BCUT2D eigenvalue weighted by Gasteiger charge is 2.20. The minimum absolute atomic E-state index is 0.352. The highest BCUT2D eigenvalue weighted by atomic mass is 15.3. The van der Waals surface area contributed by atoms with Crippen LogP contribution in [0.5, 0.6) is 0 Å². The molecule has 17 heavy (non-hydrogen) atoms. The van der Waals surface area contributed by atoms with Crippen LogP contribution in [-0.4, -0.2) is 5.71 Å². The standard InChI is InChI=1S/C14H17N3/c15-11-10-12-6-4-5-9-14(12)17-16-13-7-2-1-3-8-13/h1-3,7-8,12,16H,4-6,9-10H2/b17-14+/t12-/m1/s1. The topological polar surface area (TPSA) is 48.2 Å². The molecule has 1 aliphatic rings. The summed E-state index contributed by atoms with van der Waals surface area (Å²) in [6, 6.07) is 12.2. The quantitative estimate of drug-likeness (QED) is 0.802. The van der Waals surface area contributed by atoms with E-state index in [9.17, 15) is 0 Å². The van der Waals surface area contributed by atoms with Gasteiger partial charge in [0.15, 0.2) is 0 Å². The molecule has 0 unspecified atom stereocenters. The molecule has 1 aliphatic carbocycles. The van der Waals surface area contributed by atoms with Crippen molar-refractivity contribution in [2.45, 2.75) is 32.1 Å². The first-order valence-electron chi connectivity index (χ1n) is 6.14. The summed E-state index contributed by atoms with van der Waals surface area (Å²) >= 11 is 0. The number of benzene rings is 1. The molecule has 2 rings (SSSR count). The molecule has 0 bridgehead atoms. The Morgan fingerprint density at radius 1 is 1.29 bits per heavy atom. The van der Waals surface area contributed by atoms with Crippen LogP contribution in [0.2, 0.25) is 0 Å². The largest absolute Gasteiger partial charge is 0.279 e. The molecule has 0 aromatic heterocycles. The maximum atomic E-state index is 8.80. The maximum Gasteiger partial charge on any atom is 0.0628 e. The monoisotopic (exact) mass is 227 g/mol. The van der Waals surface area contributed by atoms with Crippen molar-refractivity contribution >= 4 is 11.4 Å². The second-order valence-electron chi connectivity index (χ2n) is 4.39. The number of para-hydroxylation sites is 1. The zero-order valence-corrected chi connectivity index (χ0v) is 9.89. The third kappa shape index (κ3) is 3.32. The lowest BCUT2D eigenvalue weighted by molar-refractivity contribution is 0.533. The normalized spacial score (nSPS) is 22.1. The lowest BCUT2D eigenvalue weighted by atomic mass is 9.85. The Hall–Kier alpha value is -1.82. The van der Waals surface area contributed by atoms with Gasteiger partial charge in [0.25, 0.3) is 0 Å². The fourth-order valence-electron chi connectivity index (χ4n) is 2.19. The number of hydrazone groups is 1. The van der Waals surface area contributed by atoms with Crippen LogP contribution in [0, 0.1) is 17.2 Å². The van der Waals surface area contributed by atoms with Crippen LogP contribution in [0.25, 0.3) is 0 Å². The molecular formula is C14H17N3. The summed E-state index contributed by atoms with van der Waals surface area (Å²) in [5, 5.41) is 13.3. The van der Waals surface area contributed by atoms with Crippen LogP contribution >= 0.6 is 0 Å². The van der Waals surface area contributed by atoms with Crippen molar-refractivity contribution < 1.29 is 0 Å². The van der Waals surface area contributed by atoms with E-state index in [1.165, 1.54) is 12.8 Å². The van der Waals surface area contributed by atoms with E-state index in [0.717, 1.165) is 24.2 Å². The number of nitriles is 1. The van der Waals surface area contributed by atoms with Crippen LogP contribution < -0.4 is 5.43 Å². The fraction of sp³-hybridized carbons (Fsp3) is 0.429. The molecule has 0 amide bonds. The first-order chi connectivity index (χ1) is 8.40. The van der Waals surface area contributed by atoms with Gasteiger partial charge in [-0.3, -0.25) is 5.43 Å². The molecule has 0 spiro atoms. The van der Waals surface area contributed by atoms with E-state index in [0.29, 0.717) is 12.3 Å². The van der Waals surface area contributed by atoms with Crippen LogP contribution in [0.1, 0.15) is 32.1 Å². The average Bonchev–Trinajstić information content (AvgIpc) is 2.39. The van der Waals surface area contributed by atoms with Gasteiger partial charge >= 0.3 is 0 Å². The van der Waals surface area contributed by atoms with Gasteiger partial charge in [-0.2, -0.15) is 10.4 Å². The lowest BCUT2D eigenvalue weighted by Crippen LogP contribution is -2.20. The van der Waals surface area contributed by atoms with Gasteiger partial charge in [0, 0.05) is 18.1 Å². The van der Waals surface area contributed by atoms with Crippen molar-refractivity contribution in [3.8, 4) is 6.07 Å². The Kier molecular flexibility index (Phi) is 4.15. The van der Waals surface area contributed by atoms with Gasteiger partial charge < -0.3 is 0 Å². The van der Waals surface area contributed by atoms with E-state index < -0.39 is 0 Å². The van der Waals surface area contributed by atoms with Gasteiger partial charge in [0.2, 0.25) is 0 Å². The molecule has 0 saturated heterocycles. The van der Waals surface area contributed by atoms with E-state index in [4.69, 9.17) is 5.26 Å². The summed E-state index contributed by atoms with van der Waals surface area (Å²) < 4.78 is 0. The molecule has 3 heteroatoms. The van der Waals surface area contributed by atoms with Gasteiger partial charge in [-0.25, -0.2) is 0 Å². The molecule has 3 nitrogen and oxygen atoms in total. The van der Waals surface area contributed by atoms with E-state index in [1.807, 2.05) is 30.3 Å². The Balaban J connectivity index is 2.01. The summed E-state index contributed by atoms with van der Waals surface area (Å²) in [7, 11) is 0. The Morgan fingerprint density at radius 3 is 2.88 bits per heavy atom. The number of anilines is 1. The van der Waals surface area contributed by atoms with Crippen molar-refractivity contribution in [1.82, 2.24) is 0 Å². The van der Waals surface area contributed by atoms with Gasteiger partial charge in [0.05, 0.1) is 11.8 Å². The van der Waals surface area contributed by atoms with Crippen molar-refractivity contribution in [2.75, 3.05) is 5.43 Å². The Bertz CT molecular complexity index is 417. The number of hydrogen-bond donors (Lipinski definition) is 1. The molecule has 1 aromatic rings. The van der Waals surface area contributed by atoms with Crippen LogP contribution in [0.15, 0.2) is 35.4 Å². The summed E-state index contributed by atoms with van der Waals surface area (Å²) in [4.78, 5) is 0. The fourth-order valence-corrected chi connectivity index (χ4v) is 2.19. The third-order valence-corrected chi connectivity index (χ3v) is 3.15. The van der Waals surface area contributed by atoms with E-state index in [2.05, 4.69) is 16.6 Å². The highest BCUT2D eigenvalue weighted by Crippen LogP contribution is 2.24. The van der Waals surface area contributed by atoms with Gasteiger partial charge in [-0.1, -0.05) is 24.6 Å². The van der Waals surface area contributed by atoms with E-state index in [-0.39, 0.29) is 0 Å². The molecule has 1 N–H and O–H groups in total. The first kappa shape index (κ1) is 11.7. The third-order valence-electron chi connectivity index (χ3n) is 3.15. The minimum Gasteiger partial charge on any atom is -0.279 e. The van der Waals surface area contributed by atoms with Crippen molar-refractivity contribution in [3.63, 3.8) is 0 Å². The molecule has 1 atom stereocenters. The number of hydrogen-bond acceptors (Lipinski definition) is 3. The molecule has 88 valence electrons. The van der Waals surface area contributed by atoms with Crippen molar-refractivity contribution in [1.29, 1.82) is 5.26 Å². The molecule has 0 radical (unpaired) electrons. The molecular weight excluding hydrogens is 210 g/mol. The molecule has 1 aromatic carbocycles. The van der Waals surface area contributed by atoms with Gasteiger partial charge in [0.1, 0.15) is 0 Å². The predicted octanol–water partition coefficient (Wildman–Crippen LogP) is 3.56. The Labute approximate surface area is 102 Å². The SMILES string of the molecule is N#CC[C@H]1CCCC/C1=N\Nc1ccccc1. The summed E-state index contributed by atoms with van der Waals surface area (Å²) in [6.45, 7) is 0. The van der Waals surface area contributed by atoms with Crippen LogP contribution in [0.4, 0.5) is 5.69 Å². The predicted molar refractivity (Wildman–Crippen MR) is 69.7 cm³/mol. The Morgan fingerprint density at radius 2 is 2.12 bits per heavy atom. The van der Waals surface area contributed by atoms with Gasteiger partial charge in [-0.15, -0.1) is 0 Å². The maximum absolute atomic E-state index is 8.80. The van der Waals surface area contributed by atoms with E-state index >= 15 is 0 Å². The summed E-state index contributed by atoms with van der Waals surface area (Å²) in [6.07, 6.45) is 5.12. The first-order valence-corrected chi connectivity index (χ1v) is 6.14. The van der Waals surface area contributed by atoms with Crippen molar-refractivity contribution in [3.05, 3.63) is 30.3 Å². The minimum atomic E-state index is 0.352. The summed E-state index contributed by atoms with van der Waals surface area (Å²) in [5.74, 6) is 0.352. The molecule has 1 fully saturated rings. The molecule has 1 saturated carbocycles. The van der Waals surface area contributed by atoms with Crippen LogP contribution in [0.3, 0.4) is 0 Å². The lowest BCUT2D eigenvalue weighted by Gasteiger charge is -2.21. The van der Waals surface area contributed by atoms with Crippen molar-refractivity contribution in [2.24, 2.45) is 11.0 Å². The molecule has 0 heterocycles. The number of nitrogens with zero attached hydrogens (tertiary/aromatic N) is 2. The smallest absolute Gasteiger partial charge is 0.0628 e.